The number of carbonyl (C=O) groups is 2. The van der Waals surface area contributed by atoms with Crippen LogP contribution >= 0.6 is 15.9 Å². The predicted molar refractivity (Wildman–Crippen MR) is 110 cm³/mol. The molecule has 0 saturated heterocycles. The van der Waals surface area contributed by atoms with E-state index in [4.69, 9.17) is 4.74 Å². The van der Waals surface area contributed by atoms with Gasteiger partial charge in [0, 0.05) is 10.0 Å². The average molecular weight is 433 g/mol. The number of nitrogens with one attached hydrogen (secondary N) is 2. The first-order valence-electron chi connectivity index (χ1n) is 8.67. The van der Waals surface area contributed by atoms with Gasteiger partial charge in [0.1, 0.15) is 5.75 Å². The van der Waals surface area contributed by atoms with Crippen molar-refractivity contribution < 1.29 is 14.3 Å². The molecule has 0 saturated carbocycles. The molecule has 0 radical (unpaired) electrons. The Kier molecular flexibility index (Phi) is 6.65. The van der Waals surface area contributed by atoms with E-state index in [2.05, 4.69) is 47.6 Å². The molecule has 27 heavy (non-hydrogen) atoms. The number of rotatable bonds is 4. The predicted octanol–water partition coefficient (Wildman–Crippen LogP) is 4.20. The zero-order chi connectivity index (χ0) is 20.2. The molecule has 2 aromatic rings. The van der Waals surface area contributed by atoms with Gasteiger partial charge in [-0.05, 0) is 48.6 Å². The summed E-state index contributed by atoms with van der Waals surface area (Å²) in [7, 11) is 0. The normalized spacial score (nSPS) is 11.0. The van der Waals surface area contributed by atoms with E-state index in [-0.39, 0.29) is 12.0 Å². The van der Waals surface area contributed by atoms with Gasteiger partial charge in [0.05, 0.1) is 0 Å². The van der Waals surface area contributed by atoms with E-state index in [1.54, 1.807) is 12.1 Å². The Bertz CT molecular complexity index is 857. The van der Waals surface area contributed by atoms with Crippen molar-refractivity contribution in [2.75, 3.05) is 6.61 Å². The van der Waals surface area contributed by atoms with E-state index < -0.39 is 11.8 Å². The van der Waals surface area contributed by atoms with Crippen molar-refractivity contribution in [2.24, 2.45) is 0 Å². The molecule has 0 aliphatic heterocycles. The minimum Gasteiger partial charge on any atom is -0.483 e. The molecule has 0 spiro atoms. The SMILES string of the molecule is Cc1ccc(OCC(=O)NNC(=O)c2ccc(C(C)(C)C)c(Br)c2)c(C)c1. The van der Waals surface area contributed by atoms with E-state index in [1.807, 2.05) is 38.1 Å². The maximum atomic E-state index is 12.2. The van der Waals surface area contributed by atoms with Gasteiger partial charge in [-0.15, -0.1) is 0 Å². The Morgan fingerprint density at radius 2 is 1.74 bits per heavy atom. The second kappa shape index (κ2) is 8.57. The molecule has 0 bridgehead atoms. The van der Waals surface area contributed by atoms with Crippen LogP contribution in [-0.2, 0) is 10.2 Å². The van der Waals surface area contributed by atoms with Gasteiger partial charge in [-0.25, -0.2) is 0 Å². The van der Waals surface area contributed by atoms with Crippen molar-refractivity contribution in [1.29, 1.82) is 0 Å². The van der Waals surface area contributed by atoms with Gasteiger partial charge in [0.15, 0.2) is 6.61 Å². The molecule has 2 N–H and O–H groups in total. The first-order chi connectivity index (χ1) is 12.6. The third-order valence-electron chi connectivity index (χ3n) is 4.04. The Hall–Kier alpha value is -2.34. The molecule has 0 atom stereocenters. The number of amides is 2. The molecule has 0 fully saturated rings. The standard InChI is InChI=1S/C21H25BrN2O3/c1-13-6-9-18(14(2)10-13)27-12-19(25)23-24-20(26)15-7-8-16(17(22)11-15)21(3,4)5/h6-11H,12H2,1-5H3,(H,23,25)(H,24,26). The quantitative estimate of drug-likeness (QED) is 0.711. The number of ether oxygens (including phenoxy) is 1. The summed E-state index contributed by atoms with van der Waals surface area (Å²) in [4.78, 5) is 24.2. The molecule has 2 aromatic carbocycles. The van der Waals surface area contributed by atoms with Crippen LogP contribution in [-0.4, -0.2) is 18.4 Å². The van der Waals surface area contributed by atoms with Crippen LogP contribution in [0.1, 0.15) is 47.8 Å². The molecule has 0 aromatic heterocycles. The zero-order valence-corrected chi connectivity index (χ0v) is 17.9. The van der Waals surface area contributed by atoms with E-state index in [9.17, 15) is 9.59 Å². The van der Waals surface area contributed by atoms with Crippen molar-refractivity contribution in [2.45, 2.75) is 40.0 Å². The summed E-state index contributed by atoms with van der Waals surface area (Å²) in [5.74, 6) is -0.187. The molecule has 144 valence electrons. The van der Waals surface area contributed by atoms with Crippen LogP contribution in [0.15, 0.2) is 40.9 Å². The molecular formula is C21H25BrN2O3. The number of hydrazine groups is 1. The Balaban J connectivity index is 1.89. The maximum absolute atomic E-state index is 12.2. The van der Waals surface area contributed by atoms with Crippen LogP contribution in [0.3, 0.4) is 0 Å². The lowest BCUT2D eigenvalue weighted by molar-refractivity contribution is -0.123. The van der Waals surface area contributed by atoms with Gasteiger partial charge < -0.3 is 4.74 Å². The monoisotopic (exact) mass is 432 g/mol. The smallest absolute Gasteiger partial charge is 0.276 e. The van der Waals surface area contributed by atoms with Gasteiger partial charge >= 0.3 is 0 Å². The minimum absolute atomic E-state index is 0.0342. The minimum atomic E-state index is -0.436. The van der Waals surface area contributed by atoms with Gasteiger partial charge in [0.25, 0.3) is 11.8 Å². The number of hydrogen-bond acceptors (Lipinski definition) is 3. The lowest BCUT2D eigenvalue weighted by Crippen LogP contribution is -2.43. The van der Waals surface area contributed by atoms with Gasteiger partial charge in [0.2, 0.25) is 0 Å². The second-order valence-corrected chi connectivity index (χ2v) is 8.36. The molecule has 0 aliphatic carbocycles. The third-order valence-corrected chi connectivity index (χ3v) is 4.70. The Morgan fingerprint density at radius 3 is 2.33 bits per heavy atom. The van der Waals surface area contributed by atoms with Crippen LogP contribution in [0, 0.1) is 13.8 Å². The van der Waals surface area contributed by atoms with Crippen molar-refractivity contribution in [3.8, 4) is 5.75 Å². The second-order valence-electron chi connectivity index (χ2n) is 7.50. The molecular weight excluding hydrogens is 408 g/mol. The molecule has 6 heteroatoms. The summed E-state index contributed by atoms with van der Waals surface area (Å²) in [6.45, 7) is 10.0. The molecule has 5 nitrogen and oxygen atoms in total. The van der Waals surface area contributed by atoms with Crippen LogP contribution in [0.4, 0.5) is 0 Å². The number of hydrogen-bond donors (Lipinski definition) is 2. The number of halogens is 1. The van der Waals surface area contributed by atoms with Gasteiger partial charge in [-0.2, -0.15) is 0 Å². The highest BCUT2D eigenvalue weighted by Crippen LogP contribution is 2.30. The molecule has 2 amide bonds. The van der Waals surface area contributed by atoms with Crippen molar-refractivity contribution >= 4 is 27.7 Å². The topological polar surface area (TPSA) is 67.4 Å². The lowest BCUT2D eigenvalue weighted by Gasteiger charge is -2.21. The largest absolute Gasteiger partial charge is 0.483 e. The number of benzene rings is 2. The summed E-state index contributed by atoms with van der Waals surface area (Å²) < 4.78 is 6.35. The van der Waals surface area contributed by atoms with Gasteiger partial charge in [-0.1, -0.05) is 60.5 Å². The average Bonchev–Trinajstić information content (AvgIpc) is 2.57. The van der Waals surface area contributed by atoms with Crippen LogP contribution in [0.2, 0.25) is 0 Å². The van der Waals surface area contributed by atoms with Crippen molar-refractivity contribution in [3.63, 3.8) is 0 Å². The summed E-state index contributed by atoms with van der Waals surface area (Å²) in [5, 5.41) is 0. The number of carbonyl (C=O) groups excluding carboxylic acids is 2. The Morgan fingerprint density at radius 1 is 1.04 bits per heavy atom. The number of aryl methyl sites for hydroxylation is 2. The summed E-state index contributed by atoms with van der Waals surface area (Å²) in [6.07, 6.45) is 0. The first kappa shape index (κ1) is 21.0. The van der Waals surface area contributed by atoms with Crippen LogP contribution in [0.5, 0.6) is 5.75 Å². The highest BCUT2D eigenvalue weighted by Gasteiger charge is 2.18. The lowest BCUT2D eigenvalue weighted by atomic mass is 9.86. The van der Waals surface area contributed by atoms with E-state index >= 15 is 0 Å². The van der Waals surface area contributed by atoms with Crippen molar-refractivity contribution in [1.82, 2.24) is 10.9 Å². The van der Waals surface area contributed by atoms with E-state index in [1.165, 1.54) is 0 Å². The zero-order valence-electron chi connectivity index (χ0n) is 16.3. The van der Waals surface area contributed by atoms with Gasteiger partial charge in [-0.3, -0.25) is 20.4 Å². The fourth-order valence-electron chi connectivity index (χ4n) is 2.60. The molecule has 0 unspecified atom stereocenters. The maximum Gasteiger partial charge on any atom is 0.276 e. The molecule has 0 aliphatic rings. The molecule has 2 rings (SSSR count). The Labute approximate surface area is 168 Å². The molecule has 0 heterocycles. The van der Waals surface area contributed by atoms with Crippen molar-refractivity contribution in [3.05, 3.63) is 63.1 Å². The summed E-state index contributed by atoms with van der Waals surface area (Å²) >= 11 is 3.51. The summed E-state index contributed by atoms with van der Waals surface area (Å²) in [6, 6.07) is 11.1. The highest BCUT2D eigenvalue weighted by atomic mass is 79.9. The van der Waals surface area contributed by atoms with E-state index in [0.717, 1.165) is 21.2 Å². The summed E-state index contributed by atoms with van der Waals surface area (Å²) in [5.41, 5.74) is 8.37. The fraction of sp³-hybridized carbons (Fsp3) is 0.333. The third kappa shape index (κ3) is 5.82. The van der Waals surface area contributed by atoms with Crippen LogP contribution < -0.4 is 15.6 Å². The fourth-order valence-corrected chi connectivity index (χ4v) is 3.58. The first-order valence-corrected chi connectivity index (χ1v) is 9.46. The van der Waals surface area contributed by atoms with Crippen LogP contribution in [0.25, 0.3) is 0 Å². The highest BCUT2D eigenvalue weighted by molar-refractivity contribution is 9.10. The van der Waals surface area contributed by atoms with E-state index in [0.29, 0.717) is 11.3 Å².